The molecule has 1 N–H and O–H groups in total. The second kappa shape index (κ2) is 5.65. The van der Waals surface area contributed by atoms with E-state index in [9.17, 15) is 0 Å². The lowest BCUT2D eigenvalue weighted by atomic mass is 10.1. The Hall–Kier alpha value is -1.22. The zero-order valence-corrected chi connectivity index (χ0v) is 13.2. The highest BCUT2D eigenvalue weighted by molar-refractivity contribution is 7.20. The molecule has 0 radical (unpaired) electrons. The zero-order chi connectivity index (χ0) is 14.1. The molecule has 2 aromatic carbocycles. The zero-order valence-electron chi connectivity index (χ0n) is 10.9. The molecular weight excluding hydrogens is 309 g/mol. The summed E-state index contributed by atoms with van der Waals surface area (Å²) < 4.78 is 1.46. The Morgan fingerprint density at radius 3 is 2.55 bits per heavy atom. The van der Waals surface area contributed by atoms with Gasteiger partial charge in [0.15, 0.2) is 0 Å². The van der Waals surface area contributed by atoms with Crippen molar-refractivity contribution in [2.75, 3.05) is 5.32 Å². The molecule has 0 aliphatic carbocycles. The molecule has 0 spiro atoms. The summed E-state index contributed by atoms with van der Waals surface area (Å²) in [4.78, 5) is 0. The van der Waals surface area contributed by atoms with Crippen molar-refractivity contribution >= 4 is 51.0 Å². The summed E-state index contributed by atoms with van der Waals surface area (Å²) in [5.74, 6) is 0. The van der Waals surface area contributed by atoms with Gasteiger partial charge >= 0.3 is 0 Å². The first-order valence-electron chi connectivity index (χ1n) is 6.34. The van der Waals surface area contributed by atoms with E-state index in [0.717, 1.165) is 19.9 Å². The number of anilines is 1. The second-order valence-corrected chi connectivity index (χ2v) is 6.96. The first-order valence-corrected chi connectivity index (χ1v) is 7.91. The lowest BCUT2D eigenvalue weighted by Crippen LogP contribution is -2.06. The third-order valence-corrected chi connectivity index (χ3v) is 4.83. The summed E-state index contributed by atoms with van der Waals surface area (Å²) in [5.41, 5.74) is 2.14. The third-order valence-electron chi connectivity index (χ3n) is 3.31. The van der Waals surface area contributed by atoms with Crippen LogP contribution in [0, 0.1) is 0 Å². The van der Waals surface area contributed by atoms with Crippen molar-refractivity contribution in [3.8, 4) is 0 Å². The van der Waals surface area contributed by atoms with Crippen LogP contribution < -0.4 is 5.32 Å². The molecule has 0 aliphatic rings. The van der Waals surface area contributed by atoms with Gasteiger partial charge in [-0.25, -0.2) is 0 Å². The minimum Gasteiger partial charge on any atom is -0.378 e. The van der Waals surface area contributed by atoms with Crippen LogP contribution in [-0.2, 0) is 0 Å². The average molecular weight is 322 g/mol. The van der Waals surface area contributed by atoms with Crippen LogP contribution in [-0.4, -0.2) is 0 Å². The van der Waals surface area contributed by atoms with Crippen molar-refractivity contribution < 1.29 is 0 Å². The van der Waals surface area contributed by atoms with E-state index in [2.05, 4.69) is 42.6 Å². The fourth-order valence-electron chi connectivity index (χ4n) is 2.31. The van der Waals surface area contributed by atoms with E-state index >= 15 is 0 Å². The Kier molecular flexibility index (Phi) is 3.88. The SMILES string of the molecule is CC(Nc1cccc2ccccc12)c1cc(Cl)sc1Cl. The highest BCUT2D eigenvalue weighted by atomic mass is 35.5. The predicted octanol–water partition coefficient (Wildman–Crippen LogP) is 6.38. The largest absolute Gasteiger partial charge is 0.378 e. The molecule has 0 saturated carbocycles. The monoisotopic (exact) mass is 321 g/mol. The molecule has 1 unspecified atom stereocenters. The van der Waals surface area contributed by atoms with E-state index in [1.165, 1.54) is 22.1 Å². The fourth-order valence-corrected chi connectivity index (χ4v) is 3.96. The third kappa shape index (κ3) is 2.64. The highest BCUT2D eigenvalue weighted by Gasteiger charge is 2.14. The molecule has 1 heterocycles. The number of nitrogens with one attached hydrogen (secondary N) is 1. The van der Waals surface area contributed by atoms with Crippen LogP contribution in [0.3, 0.4) is 0 Å². The maximum absolute atomic E-state index is 6.22. The molecular formula is C16H13Cl2NS. The van der Waals surface area contributed by atoms with Gasteiger partial charge in [-0.3, -0.25) is 0 Å². The van der Waals surface area contributed by atoms with Crippen molar-refractivity contribution in [1.29, 1.82) is 0 Å². The van der Waals surface area contributed by atoms with Crippen LogP contribution in [0.1, 0.15) is 18.5 Å². The Balaban J connectivity index is 1.95. The molecule has 0 saturated heterocycles. The molecule has 1 aromatic heterocycles. The van der Waals surface area contributed by atoms with Gasteiger partial charge in [-0.15, -0.1) is 11.3 Å². The van der Waals surface area contributed by atoms with Gasteiger partial charge < -0.3 is 5.32 Å². The van der Waals surface area contributed by atoms with E-state index in [0.29, 0.717) is 0 Å². The van der Waals surface area contributed by atoms with Crippen molar-refractivity contribution in [1.82, 2.24) is 0 Å². The molecule has 0 amide bonds. The number of hydrogen-bond acceptors (Lipinski definition) is 2. The van der Waals surface area contributed by atoms with Gasteiger partial charge in [-0.05, 0) is 24.4 Å². The molecule has 0 bridgehead atoms. The average Bonchev–Trinajstić information content (AvgIpc) is 2.78. The Bertz CT molecular complexity index is 746. The molecule has 1 nitrogen and oxygen atoms in total. The van der Waals surface area contributed by atoms with Crippen molar-refractivity contribution in [2.45, 2.75) is 13.0 Å². The van der Waals surface area contributed by atoms with E-state index in [4.69, 9.17) is 23.2 Å². The summed E-state index contributed by atoms with van der Waals surface area (Å²) in [6.07, 6.45) is 0. The quantitative estimate of drug-likeness (QED) is 0.590. The predicted molar refractivity (Wildman–Crippen MR) is 90.3 cm³/mol. The summed E-state index contributed by atoms with van der Waals surface area (Å²) in [6.45, 7) is 2.09. The molecule has 0 fully saturated rings. The number of thiophene rings is 1. The molecule has 20 heavy (non-hydrogen) atoms. The van der Waals surface area contributed by atoms with Gasteiger partial charge in [0.2, 0.25) is 0 Å². The van der Waals surface area contributed by atoms with Crippen LogP contribution in [0.2, 0.25) is 8.67 Å². The molecule has 4 heteroatoms. The van der Waals surface area contributed by atoms with Crippen LogP contribution in [0.15, 0.2) is 48.5 Å². The topological polar surface area (TPSA) is 12.0 Å². The first-order chi connectivity index (χ1) is 9.65. The molecule has 3 rings (SSSR count). The van der Waals surface area contributed by atoms with Crippen LogP contribution in [0.25, 0.3) is 10.8 Å². The van der Waals surface area contributed by atoms with Gasteiger partial charge in [0.1, 0.15) is 0 Å². The van der Waals surface area contributed by atoms with Crippen LogP contribution in [0.4, 0.5) is 5.69 Å². The van der Waals surface area contributed by atoms with Gasteiger partial charge in [0, 0.05) is 16.6 Å². The number of hydrogen-bond donors (Lipinski definition) is 1. The summed E-state index contributed by atoms with van der Waals surface area (Å²) in [6, 6.07) is 16.6. The number of benzene rings is 2. The second-order valence-electron chi connectivity index (χ2n) is 4.67. The van der Waals surface area contributed by atoms with E-state index < -0.39 is 0 Å². The minimum atomic E-state index is 0.108. The normalized spacial score (nSPS) is 12.6. The number of rotatable bonds is 3. The lowest BCUT2D eigenvalue weighted by Gasteiger charge is -2.16. The fraction of sp³-hybridized carbons (Fsp3) is 0.125. The molecule has 3 aromatic rings. The maximum atomic E-state index is 6.22. The molecule has 1 atom stereocenters. The Labute approximate surface area is 132 Å². The van der Waals surface area contributed by atoms with Gasteiger partial charge in [0.25, 0.3) is 0 Å². The highest BCUT2D eigenvalue weighted by Crippen LogP contribution is 2.36. The Morgan fingerprint density at radius 1 is 1.05 bits per heavy atom. The van der Waals surface area contributed by atoms with Crippen molar-refractivity contribution in [2.24, 2.45) is 0 Å². The summed E-state index contributed by atoms with van der Waals surface area (Å²) >= 11 is 13.6. The van der Waals surface area contributed by atoms with Gasteiger partial charge in [0.05, 0.1) is 14.7 Å². The summed E-state index contributed by atoms with van der Waals surface area (Å²) in [5, 5.41) is 5.95. The maximum Gasteiger partial charge on any atom is 0.0996 e. The Morgan fingerprint density at radius 2 is 1.80 bits per heavy atom. The summed E-state index contributed by atoms with van der Waals surface area (Å²) in [7, 11) is 0. The van der Waals surface area contributed by atoms with Crippen molar-refractivity contribution in [3.63, 3.8) is 0 Å². The first kappa shape index (κ1) is 13.7. The number of halogens is 2. The van der Waals surface area contributed by atoms with Gasteiger partial charge in [-0.1, -0.05) is 59.6 Å². The minimum absolute atomic E-state index is 0.108. The lowest BCUT2D eigenvalue weighted by molar-refractivity contribution is 0.893. The standard InChI is InChI=1S/C16H13Cl2NS/c1-10(13-9-15(17)20-16(13)18)19-14-8-4-6-11-5-2-3-7-12(11)14/h2-10,19H,1H3. The smallest absolute Gasteiger partial charge is 0.0996 e. The van der Waals surface area contributed by atoms with Crippen molar-refractivity contribution in [3.05, 3.63) is 62.8 Å². The van der Waals surface area contributed by atoms with Crippen LogP contribution >= 0.6 is 34.5 Å². The van der Waals surface area contributed by atoms with E-state index in [-0.39, 0.29) is 6.04 Å². The van der Waals surface area contributed by atoms with E-state index in [1.54, 1.807) is 0 Å². The van der Waals surface area contributed by atoms with Crippen LogP contribution in [0.5, 0.6) is 0 Å². The molecule has 0 aliphatic heterocycles. The van der Waals surface area contributed by atoms with Gasteiger partial charge in [-0.2, -0.15) is 0 Å². The molecule has 102 valence electrons. The van der Waals surface area contributed by atoms with E-state index in [1.807, 2.05) is 18.2 Å². The number of fused-ring (bicyclic) bond motifs is 1.